The van der Waals surface area contributed by atoms with E-state index in [0.717, 1.165) is 5.56 Å². The number of para-hydroxylation sites is 1. The van der Waals surface area contributed by atoms with E-state index in [0.29, 0.717) is 11.3 Å². The van der Waals surface area contributed by atoms with Crippen LogP contribution in [0.2, 0.25) is 0 Å². The molecule has 0 fully saturated rings. The molecule has 6 heteroatoms. The number of hydrogen-bond acceptors (Lipinski definition) is 4. The van der Waals surface area contributed by atoms with Gasteiger partial charge in [-0.15, -0.1) is 0 Å². The third-order valence-electron chi connectivity index (χ3n) is 3.57. The normalized spacial score (nSPS) is 10.7. The van der Waals surface area contributed by atoms with Crippen LogP contribution in [0.1, 0.15) is 21.5 Å². The van der Waals surface area contributed by atoms with Crippen molar-refractivity contribution in [2.75, 3.05) is 14.1 Å². The predicted octanol–water partition coefficient (Wildman–Crippen LogP) is 2.96. The second-order valence-electron chi connectivity index (χ2n) is 5.70. The summed E-state index contributed by atoms with van der Waals surface area (Å²) in [6.45, 7) is 0.230. The van der Waals surface area contributed by atoms with E-state index in [1.54, 1.807) is 50.5 Å². The number of nitrogens with zero attached hydrogens (tertiary/aromatic N) is 2. The SMILES string of the molecule is CN(C)C(=O)/C(C#N)=C/c1ccccc1OCc1ccc(C(=O)O)cc1. The summed E-state index contributed by atoms with van der Waals surface area (Å²) in [7, 11) is 3.16. The van der Waals surface area contributed by atoms with Crippen LogP contribution in [-0.4, -0.2) is 36.0 Å². The van der Waals surface area contributed by atoms with Crippen LogP contribution < -0.4 is 4.74 Å². The number of aromatic carboxylic acids is 1. The van der Waals surface area contributed by atoms with E-state index >= 15 is 0 Å². The number of ether oxygens (including phenoxy) is 1. The first-order valence-electron chi connectivity index (χ1n) is 7.80. The molecule has 0 radical (unpaired) electrons. The summed E-state index contributed by atoms with van der Waals surface area (Å²) in [5.41, 5.74) is 1.63. The third kappa shape index (κ3) is 4.71. The van der Waals surface area contributed by atoms with E-state index in [2.05, 4.69) is 0 Å². The molecule has 0 aliphatic heterocycles. The molecule has 1 amide bonds. The molecule has 2 aromatic carbocycles. The summed E-state index contributed by atoms with van der Waals surface area (Å²) in [5, 5.41) is 18.1. The van der Waals surface area contributed by atoms with Crippen molar-refractivity contribution >= 4 is 18.0 Å². The zero-order valence-electron chi connectivity index (χ0n) is 14.5. The van der Waals surface area contributed by atoms with Crippen LogP contribution in [-0.2, 0) is 11.4 Å². The molecule has 0 spiro atoms. The van der Waals surface area contributed by atoms with Crippen molar-refractivity contribution in [2.24, 2.45) is 0 Å². The van der Waals surface area contributed by atoms with Gasteiger partial charge in [-0.25, -0.2) is 4.79 Å². The number of carboxylic acids is 1. The number of carbonyl (C=O) groups is 2. The number of rotatable bonds is 6. The van der Waals surface area contributed by atoms with E-state index in [1.807, 2.05) is 6.07 Å². The average Bonchev–Trinajstić information content (AvgIpc) is 2.64. The van der Waals surface area contributed by atoms with Crippen molar-refractivity contribution in [3.05, 3.63) is 70.8 Å². The first-order valence-corrected chi connectivity index (χ1v) is 7.80. The Morgan fingerprint density at radius 1 is 1.15 bits per heavy atom. The summed E-state index contributed by atoms with van der Waals surface area (Å²) in [4.78, 5) is 24.2. The maximum Gasteiger partial charge on any atom is 0.335 e. The number of hydrogen-bond donors (Lipinski definition) is 1. The van der Waals surface area contributed by atoms with E-state index in [1.165, 1.54) is 23.1 Å². The number of likely N-dealkylation sites (N-methyl/N-ethyl adjacent to an activating group) is 1. The standard InChI is InChI=1S/C20H18N2O4/c1-22(2)19(23)17(12-21)11-16-5-3-4-6-18(16)26-13-14-7-9-15(10-8-14)20(24)25/h3-11H,13H2,1-2H3,(H,24,25)/b17-11+. The average molecular weight is 350 g/mol. The Morgan fingerprint density at radius 3 is 2.38 bits per heavy atom. The maximum atomic E-state index is 12.0. The van der Waals surface area contributed by atoms with Gasteiger partial charge >= 0.3 is 5.97 Å². The summed E-state index contributed by atoms with van der Waals surface area (Å²) in [6.07, 6.45) is 1.49. The van der Waals surface area contributed by atoms with Crippen molar-refractivity contribution in [3.8, 4) is 11.8 Å². The van der Waals surface area contributed by atoms with Crippen molar-refractivity contribution < 1.29 is 19.4 Å². The number of nitriles is 1. The Labute approximate surface area is 151 Å². The van der Waals surface area contributed by atoms with Gasteiger partial charge in [0.15, 0.2) is 0 Å². The molecule has 0 saturated heterocycles. The van der Waals surface area contributed by atoms with E-state index in [4.69, 9.17) is 9.84 Å². The number of carboxylic acid groups (broad SMARTS) is 1. The molecule has 6 nitrogen and oxygen atoms in total. The van der Waals surface area contributed by atoms with Gasteiger partial charge in [-0.3, -0.25) is 4.79 Å². The molecule has 0 bridgehead atoms. The van der Waals surface area contributed by atoms with E-state index in [9.17, 15) is 14.9 Å². The summed E-state index contributed by atoms with van der Waals surface area (Å²) < 4.78 is 5.78. The Balaban J connectivity index is 2.20. The fraction of sp³-hybridized carbons (Fsp3) is 0.150. The first-order chi connectivity index (χ1) is 12.4. The Bertz CT molecular complexity index is 877. The summed E-state index contributed by atoms with van der Waals surface area (Å²) in [6, 6.07) is 15.4. The van der Waals surface area contributed by atoms with Crippen molar-refractivity contribution in [3.63, 3.8) is 0 Å². The van der Waals surface area contributed by atoms with Gasteiger partial charge in [0.2, 0.25) is 0 Å². The van der Waals surface area contributed by atoms with Gasteiger partial charge in [-0.2, -0.15) is 5.26 Å². The highest BCUT2D eigenvalue weighted by atomic mass is 16.5. The molecule has 1 N–H and O–H groups in total. The lowest BCUT2D eigenvalue weighted by Crippen LogP contribution is -2.22. The van der Waals surface area contributed by atoms with Gasteiger partial charge in [-0.1, -0.05) is 30.3 Å². The number of carbonyl (C=O) groups excluding carboxylic acids is 1. The predicted molar refractivity (Wildman–Crippen MR) is 96.5 cm³/mol. The Morgan fingerprint density at radius 2 is 1.81 bits per heavy atom. The third-order valence-corrected chi connectivity index (χ3v) is 3.57. The van der Waals surface area contributed by atoms with E-state index < -0.39 is 5.97 Å². The minimum atomic E-state index is -0.984. The van der Waals surface area contributed by atoms with Gasteiger partial charge in [0.05, 0.1) is 5.56 Å². The molecule has 26 heavy (non-hydrogen) atoms. The fourth-order valence-corrected chi connectivity index (χ4v) is 2.17. The molecule has 0 saturated carbocycles. The highest BCUT2D eigenvalue weighted by Crippen LogP contribution is 2.22. The maximum absolute atomic E-state index is 12.0. The molecule has 0 unspecified atom stereocenters. The molecule has 0 aliphatic carbocycles. The van der Waals surface area contributed by atoms with Gasteiger partial charge in [0.1, 0.15) is 24.0 Å². The lowest BCUT2D eigenvalue weighted by atomic mass is 10.1. The highest BCUT2D eigenvalue weighted by molar-refractivity contribution is 6.01. The van der Waals surface area contributed by atoms with Crippen molar-refractivity contribution in [2.45, 2.75) is 6.61 Å². The molecule has 0 atom stereocenters. The zero-order chi connectivity index (χ0) is 19.1. The van der Waals surface area contributed by atoms with Crippen molar-refractivity contribution in [1.29, 1.82) is 5.26 Å². The highest BCUT2D eigenvalue weighted by Gasteiger charge is 2.12. The van der Waals surface area contributed by atoms with Gasteiger partial charge in [0, 0.05) is 19.7 Å². The molecule has 0 heterocycles. The first kappa shape index (κ1) is 18.7. The molecular formula is C20H18N2O4. The van der Waals surface area contributed by atoms with E-state index in [-0.39, 0.29) is 23.7 Å². The van der Waals surface area contributed by atoms with Crippen LogP contribution in [0.25, 0.3) is 6.08 Å². The van der Waals surface area contributed by atoms with Crippen LogP contribution >= 0.6 is 0 Å². The Kier molecular flexibility index (Phi) is 6.12. The van der Waals surface area contributed by atoms with Crippen LogP contribution in [0.5, 0.6) is 5.75 Å². The monoisotopic (exact) mass is 350 g/mol. The molecule has 132 valence electrons. The minimum Gasteiger partial charge on any atom is -0.488 e. The zero-order valence-corrected chi connectivity index (χ0v) is 14.5. The summed E-state index contributed by atoms with van der Waals surface area (Å²) in [5.74, 6) is -0.844. The van der Waals surface area contributed by atoms with Crippen LogP contribution in [0.3, 0.4) is 0 Å². The lowest BCUT2D eigenvalue weighted by molar-refractivity contribution is -0.124. The molecule has 0 aliphatic rings. The number of benzene rings is 2. The number of amides is 1. The molecule has 0 aromatic heterocycles. The quantitative estimate of drug-likeness (QED) is 0.639. The summed E-state index contributed by atoms with van der Waals surface area (Å²) >= 11 is 0. The largest absolute Gasteiger partial charge is 0.488 e. The topological polar surface area (TPSA) is 90.6 Å². The van der Waals surface area contributed by atoms with Gasteiger partial charge in [-0.05, 0) is 29.8 Å². The molecule has 2 rings (SSSR count). The van der Waals surface area contributed by atoms with Crippen molar-refractivity contribution in [1.82, 2.24) is 4.90 Å². The van der Waals surface area contributed by atoms with Crippen LogP contribution in [0.15, 0.2) is 54.1 Å². The van der Waals surface area contributed by atoms with Gasteiger partial charge < -0.3 is 14.7 Å². The molecule has 2 aromatic rings. The lowest BCUT2D eigenvalue weighted by Gasteiger charge is -2.11. The molecular weight excluding hydrogens is 332 g/mol. The van der Waals surface area contributed by atoms with Crippen LogP contribution in [0, 0.1) is 11.3 Å². The second-order valence-corrected chi connectivity index (χ2v) is 5.70. The van der Waals surface area contributed by atoms with Crippen LogP contribution in [0.4, 0.5) is 0 Å². The smallest absolute Gasteiger partial charge is 0.335 e. The second kappa shape index (κ2) is 8.49. The Hall–Kier alpha value is -3.59. The minimum absolute atomic E-state index is 0.0110. The fourth-order valence-electron chi connectivity index (χ4n) is 2.17. The van der Waals surface area contributed by atoms with Gasteiger partial charge in [0.25, 0.3) is 5.91 Å².